The quantitative estimate of drug-likeness (QED) is 0.800. The van der Waals surface area contributed by atoms with Crippen LogP contribution in [0, 0.1) is 0 Å². The zero-order chi connectivity index (χ0) is 14.3. The van der Waals surface area contributed by atoms with Gasteiger partial charge in [-0.2, -0.15) is 0 Å². The standard InChI is InChI=1S/C13H19Cl2NO3/c1-16(8-10(17)9-18-2)6-7-19-13-11(14)4-3-5-12(13)15/h3-5,10,17H,6-9H2,1-2H3. The molecule has 1 rings (SSSR count). The summed E-state index contributed by atoms with van der Waals surface area (Å²) >= 11 is 12.0. The van der Waals surface area contributed by atoms with Crippen LogP contribution in [-0.2, 0) is 4.74 Å². The summed E-state index contributed by atoms with van der Waals surface area (Å²) in [6.07, 6.45) is -0.501. The van der Waals surface area contributed by atoms with E-state index < -0.39 is 6.10 Å². The van der Waals surface area contributed by atoms with Crippen LogP contribution in [0.2, 0.25) is 10.0 Å². The molecule has 19 heavy (non-hydrogen) atoms. The average molecular weight is 308 g/mol. The van der Waals surface area contributed by atoms with E-state index in [4.69, 9.17) is 32.7 Å². The summed E-state index contributed by atoms with van der Waals surface area (Å²) < 4.78 is 10.4. The fourth-order valence-corrected chi connectivity index (χ4v) is 2.13. The van der Waals surface area contributed by atoms with Crippen molar-refractivity contribution in [3.05, 3.63) is 28.2 Å². The van der Waals surface area contributed by atoms with Crippen LogP contribution >= 0.6 is 23.2 Å². The molecule has 4 nitrogen and oxygen atoms in total. The molecule has 0 spiro atoms. The summed E-state index contributed by atoms with van der Waals surface area (Å²) in [6, 6.07) is 5.23. The van der Waals surface area contributed by atoms with Crippen molar-refractivity contribution >= 4 is 23.2 Å². The van der Waals surface area contributed by atoms with Crippen LogP contribution in [-0.4, -0.2) is 56.6 Å². The third-order valence-corrected chi connectivity index (χ3v) is 3.12. The molecule has 0 aromatic heterocycles. The predicted molar refractivity (Wildman–Crippen MR) is 77.3 cm³/mol. The number of hydrogen-bond acceptors (Lipinski definition) is 4. The smallest absolute Gasteiger partial charge is 0.156 e. The zero-order valence-electron chi connectivity index (χ0n) is 11.1. The molecule has 1 aromatic carbocycles. The highest BCUT2D eigenvalue weighted by Crippen LogP contribution is 2.32. The van der Waals surface area contributed by atoms with Gasteiger partial charge >= 0.3 is 0 Å². The minimum absolute atomic E-state index is 0.321. The van der Waals surface area contributed by atoms with Crippen molar-refractivity contribution < 1.29 is 14.6 Å². The van der Waals surface area contributed by atoms with Crippen LogP contribution in [0.1, 0.15) is 0 Å². The molecule has 1 unspecified atom stereocenters. The number of halogens is 2. The van der Waals surface area contributed by atoms with E-state index in [1.54, 1.807) is 25.3 Å². The largest absolute Gasteiger partial charge is 0.489 e. The minimum atomic E-state index is -0.501. The SMILES string of the molecule is COCC(O)CN(C)CCOc1c(Cl)cccc1Cl. The average Bonchev–Trinajstić information content (AvgIpc) is 2.33. The van der Waals surface area contributed by atoms with Crippen molar-refractivity contribution in [2.24, 2.45) is 0 Å². The number of methoxy groups -OCH3 is 1. The molecule has 0 amide bonds. The number of ether oxygens (including phenoxy) is 2. The van der Waals surface area contributed by atoms with Crippen LogP contribution in [0.25, 0.3) is 0 Å². The highest BCUT2D eigenvalue weighted by molar-refractivity contribution is 6.37. The van der Waals surface area contributed by atoms with E-state index in [-0.39, 0.29) is 0 Å². The Morgan fingerprint density at radius 1 is 1.32 bits per heavy atom. The lowest BCUT2D eigenvalue weighted by Crippen LogP contribution is -2.34. The first kappa shape index (κ1) is 16.5. The molecular weight excluding hydrogens is 289 g/mol. The number of aliphatic hydroxyl groups is 1. The first-order chi connectivity index (χ1) is 9.04. The van der Waals surface area contributed by atoms with Gasteiger partial charge in [0.1, 0.15) is 6.61 Å². The first-order valence-corrected chi connectivity index (χ1v) is 6.72. The maximum Gasteiger partial charge on any atom is 0.156 e. The van der Waals surface area contributed by atoms with E-state index in [0.29, 0.717) is 42.1 Å². The summed E-state index contributed by atoms with van der Waals surface area (Å²) in [5.74, 6) is 0.497. The molecule has 0 radical (unpaired) electrons. The molecular formula is C13H19Cl2NO3. The van der Waals surface area contributed by atoms with Gasteiger partial charge in [-0.15, -0.1) is 0 Å². The summed E-state index contributed by atoms with van der Waals surface area (Å²) in [5, 5.41) is 10.6. The second-order valence-electron chi connectivity index (χ2n) is 4.27. The van der Waals surface area contributed by atoms with E-state index >= 15 is 0 Å². The summed E-state index contributed by atoms with van der Waals surface area (Å²) in [4.78, 5) is 1.95. The van der Waals surface area contributed by atoms with Gasteiger partial charge in [0.05, 0.1) is 22.8 Å². The van der Waals surface area contributed by atoms with E-state index in [0.717, 1.165) is 0 Å². The fourth-order valence-electron chi connectivity index (χ4n) is 1.62. The topological polar surface area (TPSA) is 41.9 Å². The Kier molecular flexibility index (Phi) is 7.49. The molecule has 6 heteroatoms. The van der Waals surface area contributed by atoms with E-state index in [1.807, 2.05) is 11.9 Å². The Bertz CT molecular complexity index is 370. The Balaban J connectivity index is 2.34. The van der Waals surface area contributed by atoms with E-state index in [1.165, 1.54) is 0 Å². The molecule has 1 aromatic rings. The Labute approximate surface area is 123 Å². The third-order valence-electron chi connectivity index (χ3n) is 2.52. The van der Waals surface area contributed by atoms with Crippen molar-refractivity contribution in [2.45, 2.75) is 6.10 Å². The monoisotopic (exact) mass is 307 g/mol. The lowest BCUT2D eigenvalue weighted by atomic mass is 10.3. The van der Waals surface area contributed by atoms with Gasteiger partial charge in [0.25, 0.3) is 0 Å². The van der Waals surface area contributed by atoms with Gasteiger partial charge in [-0.05, 0) is 19.2 Å². The fraction of sp³-hybridized carbons (Fsp3) is 0.538. The number of rotatable bonds is 8. The van der Waals surface area contributed by atoms with E-state index in [9.17, 15) is 5.11 Å². The van der Waals surface area contributed by atoms with Crippen molar-refractivity contribution in [2.75, 3.05) is 40.5 Å². The molecule has 0 saturated carbocycles. The summed E-state index contributed by atoms with van der Waals surface area (Å²) in [7, 11) is 3.46. The molecule has 0 aliphatic carbocycles. The minimum Gasteiger partial charge on any atom is -0.489 e. The van der Waals surface area contributed by atoms with Crippen LogP contribution < -0.4 is 4.74 Å². The molecule has 1 N–H and O–H groups in total. The lowest BCUT2D eigenvalue weighted by Gasteiger charge is -2.20. The van der Waals surface area contributed by atoms with Gasteiger partial charge < -0.3 is 19.5 Å². The predicted octanol–water partition coefficient (Wildman–Crippen LogP) is 2.31. The molecule has 0 saturated heterocycles. The van der Waals surface area contributed by atoms with Crippen LogP contribution in [0.3, 0.4) is 0 Å². The van der Waals surface area contributed by atoms with Crippen molar-refractivity contribution in [3.63, 3.8) is 0 Å². The highest BCUT2D eigenvalue weighted by Gasteiger charge is 2.09. The van der Waals surface area contributed by atoms with Gasteiger partial charge in [0.15, 0.2) is 5.75 Å². The maximum absolute atomic E-state index is 9.57. The molecule has 0 heterocycles. The first-order valence-electron chi connectivity index (χ1n) is 5.97. The molecule has 0 fully saturated rings. The van der Waals surface area contributed by atoms with Gasteiger partial charge in [-0.3, -0.25) is 0 Å². The zero-order valence-corrected chi connectivity index (χ0v) is 12.6. The number of aliphatic hydroxyl groups excluding tert-OH is 1. The second kappa shape index (κ2) is 8.61. The van der Waals surface area contributed by atoms with Crippen molar-refractivity contribution in [1.29, 1.82) is 0 Å². The molecule has 0 aliphatic rings. The number of benzene rings is 1. The molecule has 108 valence electrons. The van der Waals surface area contributed by atoms with Crippen LogP contribution in [0.15, 0.2) is 18.2 Å². The summed E-state index contributed by atoms with van der Waals surface area (Å²) in [6.45, 7) is 1.94. The number of nitrogens with zero attached hydrogens (tertiary/aromatic N) is 1. The Morgan fingerprint density at radius 2 is 1.95 bits per heavy atom. The van der Waals surface area contributed by atoms with Gasteiger partial charge in [0.2, 0.25) is 0 Å². The second-order valence-corrected chi connectivity index (χ2v) is 5.09. The number of likely N-dealkylation sites (N-methyl/N-ethyl adjacent to an activating group) is 1. The summed E-state index contributed by atoms with van der Waals surface area (Å²) in [5.41, 5.74) is 0. The van der Waals surface area contributed by atoms with Crippen molar-refractivity contribution in [3.8, 4) is 5.75 Å². The third kappa shape index (κ3) is 5.97. The Hall–Kier alpha value is -0.520. The van der Waals surface area contributed by atoms with Crippen molar-refractivity contribution in [1.82, 2.24) is 4.90 Å². The van der Waals surface area contributed by atoms with Crippen LogP contribution in [0.5, 0.6) is 5.75 Å². The number of para-hydroxylation sites is 1. The maximum atomic E-state index is 9.57. The van der Waals surface area contributed by atoms with Crippen LogP contribution in [0.4, 0.5) is 0 Å². The van der Waals surface area contributed by atoms with Gasteiger partial charge in [-0.25, -0.2) is 0 Å². The highest BCUT2D eigenvalue weighted by atomic mass is 35.5. The normalized spacial score (nSPS) is 12.7. The molecule has 0 aliphatic heterocycles. The Morgan fingerprint density at radius 3 is 2.53 bits per heavy atom. The number of hydrogen-bond donors (Lipinski definition) is 1. The van der Waals surface area contributed by atoms with E-state index in [2.05, 4.69) is 0 Å². The lowest BCUT2D eigenvalue weighted by molar-refractivity contribution is 0.0410. The van der Waals surface area contributed by atoms with Gasteiger partial charge in [0, 0.05) is 20.2 Å². The molecule has 1 atom stereocenters. The van der Waals surface area contributed by atoms with Gasteiger partial charge in [-0.1, -0.05) is 29.3 Å². The molecule has 0 bridgehead atoms.